The summed E-state index contributed by atoms with van der Waals surface area (Å²) in [5.41, 5.74) is 2.07. The molecule has 1 N–H and O–H groups in total. The highest BCUT2D eigenvalue weighted by Crippen LogP contribution is 2.51. The van der Waals surface area contributed by atoms with Gasteiger partial charge in [-0.15, -0.1) is 11.3 Å². The minimum atomic E-state index is -0.712. The average molecular weight is 289 g/mol. The number of carboxylic acids is 1. The second-order valence-corrected chi connectivity index (χ2v) is 7.83. The fraction of sp³-hybridized carbons (Fsp3) is 0.500. The van der Waals surface area contributed by atoms with Gasteiger partial charge in [0.25, 0.3) is 0 Å². The molecule has 1 aliphatic rings. The predicted molar refractivity (Wildman–Crippen MR) is 81.5 cm³/mol. The molecule has 0 aliphatic heterocycles. The molecular formula is C16H19NO2S. The number of nitrogens with zero attached hydrogens (tertiary/aromatic N) is 1. The summed E-state index contributed by atoms with van der Waals surface area (Å²) in [6.07, 6.45) is 2.18. The van der Waals surface area contributed by atoms with Gasteiger partial charge in [-0.3, -0.25) is 4.79 Å². The molecule has 106 valence electrons. The minimum Gasteiger partial charge on any atom is -0.481 e. The Hall–Kier alpha value is -1.42. The first-order chi connectivity index (χ1) is 9.30. The lowest BCUT2D eigenvalue weighted by molar-refractivity contribution is -0.137. The van der Waals surface area contributed by atoms with E-state index in [9.17, 15) is 4.79 Å². The van der Waals surface area contributed by atoms with Gasteiger partial charge in [0.1, 0.15) is 0 Å². The lowest BCUT2D eigenvalue weighted by Gasteiger charge is -2.13. The van der Waals surface area contributed by atoms with Crippen molar-refractivity contribution >= 4 is 27.5 Å². The van der Waals surface area contributed by atoms with E-state index in [0.29, 0.717) is 0 Å². The van der Waals surface area contributed by atoms with E-state index in [1.807, 2.05) is 0 Å². The quantitative estimate of drug-likeness (QED) is 0.925. The topological polar surface area (TPSA) is 50.2 Å². The van der Waals surface area contributed by atoms with Gasteiger partial charge in [0, 0.05) is 10.8 Å². The molecule has 0 bridgehead atoms. The van der Waals surface area contributed by atoms with E-state index in [1.54, 1.807) is 11.3 Å². The Labute approximate surface area is 122 Å². The molecule has 0 spiro atoms. The molecule has 3 rings (SSSR count). The predicted octanol–water partition coefficient (Wildman–Crippen LogP) is 4.10. The molecule has 1 aromatic heterocycles. The molecule has 4 heteroatoms. The number of hydrogen-bond acceptors (Lipinski definition) is 3. The van der Waals surface area contributed by atoms with E-state index in [4.69, 9.17) is 10.1 Å². The third-order valence-electron chi connectivity index (χ3n) is 3.98. The van der Waals surface area contributed by atoms with Gasteiger partial charge in [0.2, 0.25) is 0 Å². The minimum absolute atomic E-state index is 0.0577. The Morgan fingerprint density at radius 1 is 1.40 bits per heavy atom. The highest BCUT2D eigenvalue weighted by atomic mass is 32.1. The van der Waals surface area contributed by atoms with Crippen molar-refractivity contribution in [3.63, 3.8) is 0 Å². The van der Waals surface area contributed by atoms with E-state index in [-0.39, 0.29) is 17.3 Å². The van der Waals surface area contributed by atoms with Crippen LogP contribution in [0, 0.1) is 0 Å². The first-order valence-corrected chi connectivity index (χ1v) is 7.75. The normalized spacial score (nSPS) is 17.4. The molecule has 1 fully saturated rings. The van der Waals surface area contributed by atoms with Crippen molar-refractivity contribution in [2.75, 3.05) is 0 Å². The number of rotatable bonds is 3. The molecule has 0 saturated heterocycles. The highest BCUT2D eigenvalue weighted by Gasteiger charge is 2.46. The molecule has 0 unspecified atom stereocenters. The van der Waals surface area contributed by atoms with Crippen LogP contribution in [-0.4, -0.2) is 16.1 Å². The maximum Gasteiger partial charge on any atom is 0.304 e. The Morgan fingerprint density at radius 3 is 2.65 bits per heavy atom. The van der Waals surface area contributed by atoms with Crippen molar-refractivity contribution in [3.05, 3.63) is 28.8 Å². The van der Waals surface area contributed by atoms with Gasteiger partial charge in [0.05, 0.1) is 21.6 Å². The summed E-state index contributed by atoms with van der Waals surface area (Å²) in [7, 11) is 0. The molecule has 1 aliphatic carbocycles. The van der Waals surface area contributed by atoms with Crippen LogP contribution in [0.5, 0.6) is 0 Å². The van der Waals surface area contributed by atoms with Crippen molar-refractivity contribution < 1.29 is 9.90 Å². The van der Waals surface area contributed by atoms with Gasteiger partial charge in [0.15, 0.2) is 0 Å². The van der Waals surface area contributed by atoms with Gasteiger partial charge in [-0.2, -0.15) is 0 Å². The van der Waals surface area contributed by atoms with Crippen LogP contribution in [0.2, 0.25) is 0 Å². The molecule has 0 radical (unpaired) electrons. The van der Waals surface area contributed by atoms with E-state index in [0.717, 1.165) is 28.9 Å². The van der Waals surface area contributed by atoms with Crippen LogP contribution >= 0.6 is 11.3 Å². The zero-order chi connectivity index (χ0) is 14.5. The Morgan fingerprint density at radius 2 is 2.10 bits per heavy atom. The largest absolute Gasteiger partial charge is 0.481 e. The van der Waals surface area contributed by atoms with Crippen LogP contribution in [0.25, 0.3) is 10.2 Å². The lowest BCUT2D eigenvalue weighted by atomic mass is 9.92. The molecule has 1 aromatic carbocycles. The van der Waals surface area contributed by atoms with Crippen LogP contribution < -0.4 is 0 Å². The fourth-order valence-corrected chi connectivity index (χ4v) is 3.59. The van der Waals surface area contributed by atoms with Gasteiger partial charge in [-0.1, -0.05) is 26.8 Å². The molecule has 3 nitrogen and oxygen atoms in total. The van der Waals surface area contributed by atoms with Crippen molar-refractivity contribution in [3.8, 4) is 0 Å². The number of benzene rings is 1. The maximum absolute atomic E-state index is 11.0. The number of aliphatic carboxylic acids is 1. The summed E-state index contributed by atoms with van der Waals surface area (Å²) in [6.45, 7) is 6.50. The van der Waals surface area contributed by atoms with E-state index < -0.39 is 5.97 Å². The molecule has 1 saturated carbocycles. The highest BCUT2D eigenvalue weighted by molar-refractivity contribution is 7.18. The molecule has 0 amide bonds. The number of carbonyl (C=O) groups is 1. The zero-order valence-electron chi connectivity index (χ0n) is 12.1. The zero-order valence-corrected chi connectivity index (χ0v) is 12.9. The molecule has 1 heterocycles. The van der Waals surface area contributed by atoms with Gasteiger partial charge in [-0.05, 0) is 30.5 Å². The Bertz CT molecular complexity index is 677. The van der Waals surface area contributed by atoms with Crippen LogP contribution in [0.4, 0.5) is 0 Å². The first-order valence-electron chi connectivity index (χ1n) is 6.94. The third-order valence-corrected chi connectivity index (χ3v) is 5.45. The van der Waals surface area contributed by atoms with Crippen molar-refractivity contribution in [2.45, 2.75) is 50.9 Å². The second-order valence-electron chi connectivity index (χ2n) is 6.80. The molecule has 0 atom stereocenters. The van der Waals surface area contributed by atoms with Gasteiger partial charge < -0.3 is 5.11 Å². The molecule has 20 heavy (non-hydrogen) atoms. The van der Waals surface area contributed by atoms with Gasteiger partial charge >= 0.3 is 5.97 Å². The maximum atomic E-state index is 11.0. The second kappa shape index (κ2) is 4.29. The summed E-state index contributed by atoms with van der Waals surface area (Å²) in [6, 6.07) is 6.28. The lowest BCUT2D eigenvalue weighted by Crippen LogP contribution is -2.12. The van der Waals surface area contributed by atoms with E-state index >= 15 is 0 Å². The smallest absolute Gasteiger partial charge is 0.304 e. The summed E-state index contributed by atoms with van der Waals surface area (Å²) in [5.74, 6) is -0.712. The summed E-state index contributed by atoms with van der Waals surface area (Å²) >= 11 is 1.73. The number of thiazole rings is 1. The van der Waals surface area contributed by atoms with Crippen molar-refractivity contribution in [2.24, 2.45) is 0 Å². The van der Waals surface area contributed by atoms with Gasteiger partial charge in [-0.25, -0.2) is 4.98 Å². The number of fused-ring (bicyclic) bond motifs is 1. The third kappa shape index (κ3) is 2.33. The Kier molecular flexibility index (Phi) is 2.91. The standard InChI is InChI=1S/C16H19NO2S/c1-15(2,3)14-17-11-8-10(4-5-12(11)20-14)16(6-7-16)9-13(18)19/h4-5,8H,6-7,9H2,1-3H3,(H,18,19). The summed E-state index contributed by atoms with van der Waals surface area (Å²) in [5, 5.41) is 10.2. The number of hydrogen-bond donors (Lipinski definition) is 1. The van der Waals surface area contributed by atoms with Crippen LogP contribution in [0.1, 0.15) is 50.6 Å². The van der Waals surface area contributed by atoms with Crippen LogP contribution in [-0.2, 0) is 15.6 Å². The van der Waals surface area contributed by atoms with Crippen LogP contribution in [0.3, 0.4) is 0 Å². The Balaban J connectivity index is 2.01. The first kappa shape index (κ1) is 13.6. The molecular weight excluding hydrogens is 270 g/mol. The summed E-state index contributed by atoms with van der Waals surface area (Å²) in [4.78, 5) is 15.8. The number of aromatic nitrogens is 1. The van der Waals surface area contributed by atoms with Crippen molar-refractivity contribution in [1.82, 2.24) is 4.98 Å². The monoisotopic (exact) mass is 289 g/mol. The van der Waals surface area contributed by atoms with Crippen LogP contribution in [0.15, 0.2) is 18.2 Å². The fourth-order valence-electron chi connectivity index (χ4n) is 2.59. The van der Waals surface area contributed by atoms with E-state index in [1.165, 1.54) is 4.70 Å². The van der Waals surface area contributed by atoms with E-state index in [2.05, 4.69) is 39.0 Å². The number of carboxylic acid groups (broad SMARTS) is 1. The SMILES string of the molecule is CC(C)(C)c1nc2cc(C3(CC(=O)O)CC3)ccc2s1. The van der Waals surface area contributed by atoms with Crippen molar-refractivity contribution in [1.29, 1.82) is 0 Å². The molecule has 2 aromatic rings. The average Bonchev–Trinajstić information content (AvgIpc) is 2.97. The summed E-state index contributed by atoms with van der Waals surface area (Å²) < 4.78 is 1.19.